The number of nitrogen functional groups attached to an aromatic ring is 1. The van der Waals surface area contributed by atoms with Gasteiger partial charge in [-0.15, -0.1) is 0 Å². The van der Waals surface area contributed by atoms with E-state index in [1.807, 2.05) is 30.6 Å². The van der Waals surface area contributed by atoms with Crippen molar-refractivity contribution >= 4 is 28.2 Å². The van der Waals surface area contributed by atoms with E-state index in [0.29, 0.717) is 10.7 Å². The van der Waals surface area contributed by atoms with Crippen molar-refractivity contribution < 1.29 is 0 Å². The highest BCUT2D eigenvalue weighted by Gasteiger charge is 2.05. The van der Waals surface area contributed by atoms with Crippen LogP contribution in [0, 0.1) is 0 Å². The molecule has 0 atom stereocenters. The van der Waals surface area contributed by atoms with Gasteiger partial charge in [0, 0.05) is 34.6 Å². The number of aromatic nitrogens is 2. The smallest absolute Gasteiger partial charge is 0.0642 e. The molecule has 0 fully saturated rings. The van der Waals surface area contributed by atoms with Crippen molar-refractivity contribution in [1.29, 1.82) is 0 Å². The first-order valence-corrected chi connectivity index (χ1v) is 5.33. The Hall–Kier alpha value is -1.87. The molecule has 2 heterocycles. The molecule has 0 bridgehead atoms. The Kier molecular flexibility index (Phi) is 1.94. The number of aromatic amines is 2. The molecule has 0 aliphatic heterocycles. The quantitative estimate of drug-likeness (QED) is 0.553. The fourth-order valence-corrected chi connectivity index (χ4v) is 1.99. The number of rotatable bonds is 1. The summed E-state index contributed by atoms with van der Waals surface area (Å²) >= 11 is 5.98. The highest BCUT2D eigenvalue weighted by atomic mass is 35.5. The molecular formula is C12H10ClN3. The maximum absolute atomic E-state index is 5.98. The summed E-state index contributed by atoms with van der Waals surface area (Å²) in [5.74, 6) is 0. The van der Waals surface area contributed by atoms with E-state index in [0.717, 1.165) is 22.2 Å². The molecule has 0 unspecified atom stereocenters. The molecule has 0 saturated carbocycles. The Labute approximate surface area is 97.2 Å². The van der Waals surface area contributed by atoms with Gasteiger partial charge in [-0.1, -0.05) is 11.6 Å². The van der Waals surface area contributed by atoms with E-state index in [1.165, 1.54) is 0 Å². The van der Waals surface area contributed by atoms with Crippen LogP contribution in [0.1, 0.15) is 0 Å². The Morgan fingerprint density at radius 1 is 1.19 bits per heavy atom. The second-order valence-electron chi connectivity index (χ2n) is 3.74. The van der Waals surface area contributed by atoms with Crippen LogP contribution in [0.5, 0.6) is 0 Å². The molecule has 0 aliphatic carbocycles. The molecule has 16 heavy (non-hydrogen) atoms. The second-order valence-corrected chi connectivity index (χ2v) is 4.15. The number of nitrogens with one attached hydrogen (secondary N) is 2. The van der Waals surface area contributed by atoms with Crippen LogP contribution in [-0.4, -0.2) is 9.97 Å². The van der Waals surface area contributed by atoms with E-state index < -0.39 is 0 Å². The molecule has 80 valence electrons. The number of H-pyrrole nitrogens is 2. The molecule has 2 aromatic heterocycles. The van der Waals surface area contributed by atoms with Gasteiger partial charge in [0.25, 0.3) is 0 Å². The van der Waals surface area contributed by atoms with Crippen molar-refractivity contribution in [2.24, 2.45) is 0 Å². The monoisotopic (exact) mass is 231 g/mol. The van der Waals surface area contributed by atoms with Gasteiger partial charge in [-0.2, -0.15) is 0 Å². The van der Waals surface area contributed by atoms with E-state index in [1.54, 1.807) is 0 Å². The largest absolute Gasteiger partial charge is 0.397 e. The summed E-state index contributed by atoms with van der Waals surface area (Å²) in [4.78, 5) is 6.33. The van der Waals surface area contributed by atoms with Crippen LogP contribution >= 0.6 is 11.6 Å². The third-order valence-electron chi connectivity index (χ3n) is 2.65. The lowest BCUT2D eigenvalue weighted by Gasteiger charge is -1.96. The van der Waals surface area contributed by atoms with Crippen molar-refractivity contribution in [2.45, 2.75) is 0 Å². The van der Waals surface area contributed by atoms with E-state index in [2.05, 4.69) is 16.0 Å². The lowest BCUT2D eigenvalue weighted by Crippen LogP contribution is -1.85. The molecule has 0 saturated heterocycles. The average molecular weight is 232 g/mol. The Morgan fingerprint density at radius 3 is 2.81 bits per heavy atom. The maximum atomic E-state index is 5.98. The van der Waals surface area contributed by atoms with E-state index >= 15 is 0 Å². The second kappa shape index (κ2) is 3.32. The van der Waals surface area contributed by atoms with Crippen LogP contribution in [-0.2, 0) is 0 Å². The highest BCUT2D eigenvalue weighted by Crippen LogP contribution is 2.29. The SMILES string of the molecule is Nc1cc2[nH]c(-c3cc[nH]c3)cc2cc1Cl. The van der Waals surface area contributed by atoms with Gasteiger partial charge in [0.1, 0.15) is 0 Å². The van der Waals surface area contributed by atoms with Gasteiger partial charge < -0.3 is 15.7 Å². The molecular weight excluding hydrogens is 222 g/mol. The van der Waals surface area contributed by atoms with Gasteiger partial charge in [0.15, 0.2) is 0 Å². The minimum atomic E-state index is 0.590. The standard InChI is InChI=1S/C12H10ClN3/c13-9-3-8-4-11(7-1-2-15-6-7)16-12(8)5-10(9)14/h1-6,15-16H,14H2. The summed E-state index contributed by atoms with van der Waals surface area (Å²) in [5, 5.41) is 1.66. The van der Waals surface area contributed by atoms with Crippen molar-refractivity contribution in [3.05, 3.63) is 41.7 Å². The number of anilines is 1. The van der Waals surface area contributed by atoms with Crippen LogP contribution in [0.25, 0.3) is 22.2 Å². The fraction of sp³-hybridized carbons (Fsp3) is 0. The minimum Gasteiger partial charge on any atom is -0.397 e. The number of hydrogen-bond acceptors (Lipinski definition) is 1. The van der Waals surface area contributed by atoms with Crippen molar-refractivity contribution in [3.8, 4) is 11.3 Å². The zero-order valence-electron chi connectivity index (χ0n) is 8.42. The van der Waals surface area contributed by atoms with E-state index in [9.17, 15) is 0 Å². The van der Waals surface area contributed by atoms with Gasteiger partial charge >= 0.3 is 0 Å². The van der Waals surface area contributed by atoms with Crippen LogP contribution in [0.2, 0.25) is 5.02 Å². The third-order valence-corrected chi connectivity index (χ3v) is 2.97. The molecule has 4 heteroatoms. The normalized spacial score (nSPS) is 11.1. The molecule has 0 amide bonds. The van der Waals surface area contributed by atoms with Crippen molar-refractivity contribution in [2.75, 3.05) is 5.73 Å². The van der Waals surface area contributed by atoms with Crippen LogP contribution in [0.3, 0.4) is 0 Å². The summed E-state index contributed by atoms with van der Waals surface area (Å²) in [7, 11) is 0. The molecule has 3 nitrogen and oxygen atoms in total. The van der Waals surface area contributed by atoms with E-state index in [4.69, 9.17) is 17.3 Å². The lowest BCUT2D eigenvalue weighted by atomic mass is 10.2. The van der Waals surface area contributed by atoms with Gasteiger partial charge in [-0.3, -0.25) is 0 Å². The molecule has 0 spiro atoms. The molecule has 3 rings (SSSR count). The first kappa shape index (κ1) is 9.36. The van der Waals surface area contributed by atoms with Gasteiger partial charge in [-0.05, 0) is 24.3 Å². The summed E-state index contributed by atoms with van der Waals surface area (Å²) in [5.41, 5.74) is 9.52. The van der Waals surface area contributed by atoms with Gasteiger partial charge in [0.2, 0.25) is 0 Å². The van der Waals surface area contributed by atoms with Crippen LogP contribution in [0.15, 0.2) is 36.7 Å². The summed E-state index contributed by atoms with van der Waals surface area (Å²) in [6, 6.07) is 7.80. The molecule has 3 aromatic rings. The van der Waals surface area contributed by atoms with Crippen molar-refractivity contribution in [3.63, 3.8) is 0 Å². The maximum Gasteiger partial charge on any atom is 0.0642 e. The third kappa shape index (κ3) is 1.37. The van der Waals surface area contributed by atoms with Crippen LogP contribution in [0.4, 0.5) is 5.69 Å². The van der Waals surface area contributed by atoms with Gasteiger partial charge in [-0.25, -0.2) is 0 Å². The average Bonchev–Trinajstić information content (AvgIpc) is 2.86. The summed E-state index contributed by atoms with van der Waals surface area (Å²) in [6.07, 6.45) is 3.83. The van der Waals surface area contributed by atoms with Crippen molar-refractivity contribution in [1.82, 2.24) is 9.97 Å². The number of hydrogen-bond donors (Lipinski definition) is 3. The first-order chi connectivity index (χ1) is 7.74. The topological polar surface area (TPSA) is 57.6 Å². The zero-order chi connectivity index (χ0) is 11.1. The van der Waals surface area contributed by atoms with Crippen LogP contribution < -0.4 is 5.73 Å². The molecule has 0 aliphatic rings. The zero-order valence-corrected chi connectivity index (χ0v) is 9.18. The Balaban J connectivity index is 2.23. The predicted molar refractivity (Wildman–Crippen MR) is 67.5 cm³/mol. The van der Waals surface area contributed by atoms with E-state index in [-0.39, 0.29) is 0 Å². The Morgan fingerprint density at radius 2 is 2.06 bits per heavy atom. The first-order valence-electron chi connectivity index (χ1n) is 4.95. The summed E-state index contributed by atoms with van der Waals surface area (Å²) < 4.78 is 0. The highest BCUT2D eigenvalue weighted by molar-refractivity contribution is 6.33. The predicted octanol–water partition coefficient (Wildman–Crippen LogP) is 3.40. The summed E-state index contributed by atoms with van der Waals surface area (Å²) in [6.45, 7) is 0. The lowest BCUT2D eigenvalue weighted by molar-refractivity contribution is 1.40. The van der Waals surface area contributed by atoms with Gasteiger partial charge in [0.05, 0.1) is 10.7 Å². The molecule has 0 radical (unpaired) electrons. The Bertz CT molecular complexity index is 599. The molecule has 4 N–H and O–H groups in total. The number of nitrogens with two attached hydrogens (primary N) is 1. The number of benzene rings is 1. The fourth-order valence-electron chi connectivity index (χ4n) is 1.82. The number of fused-ring (bicyclic) bond motifs is 1. The minimum absolute atomic E-state index is 0.590. The number of halogens is 1. The molecule has 1 aromatic carbocycles.